The molecule has 0 bridgehead atoms. The first-order chi connectivity index (χ1) is 8.09. The van der Waals surface area contributed by atoms with Crippen molar-refractivity contribution in [1.82, 2.24) is 0 Å². The third-order valence-electron chi connectivity index (χ3n) is 2.44. The first-order valence-electron chi connectivity index (χ1n) is 4.97. The number of hydrogen-bond donors (Lipinski definition) is 1. The van der Waals surface area contributed by atoms with E-state index in [-0.39, 0.29) is 5.56 Å². The molecule has 0 amide bonds. The van der Waals surface area contributed by atoms with E-state index in [0.29, 0.717) is 5.56 Å². The van der Waals surface area contributed by atoms with Crippen LogP contribution in [0.3, 0.4) is 0 Å². The van der Waals surface area contributed by atoms with E-state index in [1.807, 2.05) is 0 Å². The van der Waals surface area contributed by atoms with Gasteiger partial charge in [-0.25, -0.2) is 8.78 Å². The lowest BCUT2D eigenvalue weighted by molar-refractivity contribution is 0.209. The lowest BCUT2D eigenvalue weighted by Crippen LogP contribution is -2.05. The molecule has 0 aliphatic heterocycles. The van der Waals surface area contributed by atoms with E-state index in [9.17, 15) is 13.9 Å². The van der Waals surface area contributed by atoms with Gasteiger partial charge in [-0.1, -0.05) is 34.1 Å². The van der Waals surface area contributed by atoms with Gasteiger partial charge in [-0.05, 0) is 29.8 Å². The van der Waals surface area contributed by atoms with Gasteiger partial charge >= 0.3 is 0 Å². The minimum Gasteiger partial charge on any atom is -0.383 e. The molecule has 0 aliphatic carbocycles. The second-order valence-corrected chi connectivity index (χ2v) is 4.51. The number of hydrogen-bond acceptors (Lipinski definition) is 1. The van der Waals surface area contributed by atoms with Gasteiger partial charge in [0.15, 0.2) is 0 Å². The molecule has 0 saturated heterocycles. The topological polar surface area (TPSA) is 20.2 Å². The van der Waals surface area contributed by atoms with Gasteiger partial charge in [-0.2, -0.15) is 0 Å². The molecule has 0 aliphatic rings. The van der Waals surface area contributed by atoms with Crippen LogP contribution in [0.4, 0.5) is 8.78 Å². The van der Waals surface area contributed by atoms with Crippen LogP contribution in [-0.2, 0) is 0 Å². The van der Waals surface area contributed by atoms with Crippen molar-refractivity contribution in [3.8, 4) is 0 Å². The quantitative estimate of drug-likeness (QED) is 0.894. The summed E-state index contributed by atoms with van der Waals surface area (Å²) in [5.41, 5.74) is 0.106. The summed E-state index contributed by atoms with van der Waals surface area (Å²) in [5, 5.41) is 9.98. The van der Waals surface area contributed by atoms with E-state index < -0.39 is 17.7 Å². The van der Waals surface area contributed by atoms with E-state index in [0.717, 1.165) is 16.6 Å². The van der Waals surface area contributed by atoms with Gasteiger partial charge in [0.05, 0.1) is 5.56 Å². The lowest BCUT2D eigenvalue weighted by Gasteiger charge is -2.13. The molecule has 88 valence electrons. The van der Waals surface area contributed by atoms with Crippen LogP contribution in [0, 0.1) is 11.6 Å². The molecule has 0 radical (unpaired) electrons. The fourth-order valence-electron chi connectivity index (χ4n) is 1.62. The van der Waals surface area contributed by atoms with E-state index >= 15 is 0 Å². The summed E-state index contributed by atoms with van der Waals surface area (Å²) in [7, 11) is 0. The number of rotatable bonds is 2. The summed E-state index contributed by atoms with van der Waals surface area (Å²) < 4.78 is 27.7. The third-order valence-corrected chi connectivity index (χ3v) is 2.93. The number of aliphatic hydroxyl groups is 1. The number of aliphatic hydroxyl groups excluding tert-OH is 1. The molecule has 2 aromatic carbocycles. The minimum absolute atomic E-state index is 0.328. The SMILES string of the molecule is OC(c1cccc(Br)c1)c1c(F)cccc1F. The Morgan fingerprint density at radius 1 is 1.00 bits per heavy atom. The van der Waals surface area contributed by atoms with Gasteiger partial charge in [0, 0.05) is 4.47 Å². The second-order valence-electron chi connectivity index (χ2n) is 3.59. The van der Waals surface area contributed by atoms with E-state index in [1.165, 1.54) is 6.07 Å². The first kappa shape index (κ1) is 12.2. The molecule has 1 unspecified atom stereocenters. The molecule has 0 fully saturated rings. The van der Waals surface area contributed by atoms with Gasteiger partial charge in [0.25, 0.3) is 0 Å². The predicted molar refractivity (Wildman–Crippen MR) is 64.6 cm³/mol. The highest BCUT2D eigenvalue weighted by molar-refractivity contribution is 9.10. The molecule has 4 heteroatoms. The maximum Gasteiger partial charge on any atom is 0.132 e. The molecule has 2 aromatic rings. The largest absolute Gasteiger partial charge is 0.383 e. The summed E-state index contributed by atoms with van der Waals surface area (Å²) >= 11 is 3.24. The monoisotopic (exact) mass is 298 g/mol. The van der Waals surface area contributed by atoms with Crippen molar-refractivity contribution < 1.29 is 13.9 Å². The average Bonchev–Trinajstić information content (AvgIpc) is 2.28. The molecule has 1 N–H and O–H groups in total. The molecular formula is C13H9BrF2O. The van der Waals surface area contributed by atoms with Gasteiger partial charge < -0.3 is 5.11 Å². The van der Waals surface area contributed by atoms with Crippen LogP contribution in [0.15, 0.2) is 46.9 Å². The second kappa shape index (κ2) is 4.94. The highest BCUT2D eigenvalue weighted by atomic mass is 79.9. The number of benzene rings is 2. The van der Waals surface area contributed by atoms with Crippen LogP contribution in [0.2, 0.25) is 0 Å². The molecule has 0 saturated carbocycles. The zero-order valence-corrected chi connectivity index (χ0v) is 10.3. The smallest absolute Gasteiger partial charge is 0.132 e. The Hall–Kier alpha value is -1.26. The zero-order chi connectivity index (χ0) is 12.4. The molecule has 1 nitrogen and oxygen atoms in total. The van der Waals surface area contributed by atoms with E-state index in [2.05, 4.69) is 15.9 Å². The summed E-state index contributed by atoms with van der Waals surface area (Å²) in [6.07, 6.45) is -1.31. The highest BCUT2D eigenvalue weighted by Crippen LogP contribution is 2.28. The van der Waals surface area contributed by atoms with Crippen molar-refractivity contribution in [2.24, 2.45) is 0 Å². The Morgan fingerprint density at radius 2 is 1.59 bits per heavy atom. The van der Waals surface area contributed by atoms with Crippen LogP contribution in [0.25, 0.3) is 0 Å². The molecular weight excluding hydrogens is 290 g/mol. The van der Waals surface area contributed by atoms with Gasteiger partial charge in [0.1, 0.15) is 17.7 Å². The van der Waals surface area contributed by atoms with Crippen LogP contribution >= 0.6 is 15.9 Å². The fraction of sp³-hybridized carbons (Fsp3) is 0.0769. The third kappa shape index (κ3) is 2.53. The van der Waals surface area contributed by atoms with Crippen LogP contribution in [-0.4, -0.2) is 5.11 Å². The molecule has 2 rings (SSSR count). The normalized spacial score (nSPS) is 12.5. The molecule has 1 atom stereocenters. The van der Waals surface area contributed by atoms with E-state index in [1.54, 1.807) is 24.3 Å². The molecule has 0 heterocycles. The van der Waals surface area contributed by atoms with Crippen LogP contribution in [0.5, 0.6) is 0 Å². The Kier molecular flexibility index (Phi) is 3.54. The Labute approximate surface area is 106 Å². The first-order valence-corrected chi connectivity index (χ1v) is 5.76. The standard InChI is InChI=1S/C13H9BrF2O/c14-9-4-1-3-8(7-9)13(17)12-10(15)5-2-6-11(12)16/h1-7,13,17H. The molecule has 17 heavy (non-hydrogen) atoms. The summed E-state index contributed by atoms with van der Waals surface area (Å²) in [5.74, 6) is -1.50. The Bertz CT molecular complexity index is 522. The van der Waals surface area contributed by atoms with E-state index in [4.69, 9.17) is 0 Å². The van der Waals surface area contributed by atoms with Crippen molar-refractivity contribution in [3.05, 3.63) is 69.7 Å². The van der Waals surface area contributed by atoms with Crippen molar-refractivity contribution in [2.75, 3.05) is 0 Å². The minimum atomic E-state index is -1.31. The summed E-state index contributed by atoms with van der Waals surface area (Å²) in [4.78, 5) is 0. The Morgan fingerprint density at radius 3 is 2.18 bits per heavy atom. The zero-order valence-electron chi connectivity index (χ0n) is 8.70. The summed E-state index contributed by atoms with van der Waals surface area (Å²) in [6, 6.07) is 10.2. The van der Waals surface area contributed by atoms with Crippen molar-refractivity contribution in [2.45, 2.75) is 6.10 Å². The molecule has 0 spiro atoms. The van der Waals surface area contributed by atoms with Crippen molar-refractivity contribution in [3.63, 3.8) is 0 Å². The molecule has 0 aromatic heterocycles. The van der Waals surface area contributed by atoms with Gasteiger partial charge in [-0.3, -0.25) is 0 Å². The maximum atomic E-state index is 13.5. The van der Waals surface area contributed by atoms with Gasteiger partial charge in [-0.15, -0.1) is 0 Å². The highest BCUT2D eigenvalue weighted by Gasteiger charge is 2.19. The Balaban J connectivity index is 2.47. The predicted octanol–water partition coefficient (Wildman–Crippen LogP) is 3.81. The summed E-state index contributed by atoms with van der Waals surface area (Å²) in [6.45, 7) is 0. The van der Waals surface area contributed by atoms with Crippen LogP contribution < -0.4 is 0 Å². The maximum absolute atomic E-state index is 13.5. The van der Waals surface area contributed by atoms with Gasteiger partial charge in [0.2, 0.25) is 0 Å². The number of halogens is 3. The fourth-order valence-corrected chi connectivity index (χ4v) is 2.03. The van der Waals surface area contributed by atoms with Crippen molar-refractivity contribution in [1.29, 1.82) is 0 Å². The lowest BCUT2D eigenvalue weighted by atomic mass is 10.0. The van der Waals surface area contributed by atoms with Crippen molar-refractivity contribution >= 4 is 15.9 Å². The average molecular weight is 299 g/mol. The van der Waals surface area contributed by atoms with Crippen LogP contribution in [0.1, 0.15) is 17.2 Å².